The average molecular weight is 159 g/mol. The van der Waals surface area contributed by atoms with Crippen LogP contribution in [0.3, 0.4) is 0 Å². The van der Waals surface area contributed by atoms with Gasteiger partial charge in [-0.05, 0) is 6.92 Å². The molecule has 0 rings (SSSR count). The number of hydrazine groups is 1. The summed E-state index contributed by atoms with van der Waals surface area (Å²) < 4.78 is 0. The minimum absolute atomic E-state index is 0.166. The van der Waals surface area contributed by atoms with Gasteiger partial charge in [-0.2, -0.15) is 0 Å². The van der Waals surface area contributed by atoms with Gasteiger partial charge in [-0.1, -0.05) is 6.92 Å². The zero-order valence-corrected chi connectivity index (χ0v) is 6.68. The van der Waals surface area contributed by atoms with E-state index in [1.54, 1.807) is 13.8 Å². The molecule has 0 spiro atoms. The summed E-state index contributed by atoms with van der Waals surface area (Å²) in [6, 6.07) is -0.563. The molecule has 0 aliphatic heterocycles. The summed E-state index contributed by atoms with van der Waals surface area (Å²) in [4.78, 5) is 21.4. The van der Waals surface area contributed by atoms with Crippen LogP contribution in [0.4, 0.5) is 0 Å². The summed E-state index contributed by atoms with van der Waals surface area (Å²) in [7, 11) is 0. The maximum Gasteiger partial charge on any atom is 0.256 e. The molecule has 64 valence electrons. The van der Waals surface area contributed by atoms with Crippen molar-refractivity contribution in [2.24, 2.45) is 5.84 Å². The normalized spacial score (nSPS) is 11.9. The standard InChI is InChI=1S/C6H13N3O2/c1-3-5(10)8-4(2)6(11)9-7/h4H,3,7H2,1-2H3,(H,8,10)(H,9,11)/t4-/m0/s1. The van der Waals surface area contributed by atoms with Crippen molar-refractivity contribution < 1.29 is 9.59 Å². The van der Waals surface area contributed by atoms with E-state index in [1.165, 1.54) is 0 Å². The Morgan fingerprint density at radius 1 is 1.55 bits per heavy atom. The van der Waals surface area contributed by atoms with E-state index in [-0.39, 0.29) is 5.91 Å². The molecule has 5 nitrogen and oxygen atoms in total. The van der Waals surface area contributed by atoms with Gasteiger partial charge in [-0.25, -0.2) is 5.84 Å². The molecule has 0 saturated heterocycles. The first kappa shape index (κ1) is 9.90. The third-order valence-electron chi connectivity index (χ3n) is 1.23. The van der Waals surface area contributed by atoms with Gasteiger partial charge in [-0.3, -0.25) is 15.0 Å². The van der Waals surface area contributed by atoms with Crippen LogP contribution < -0.4 is 16.6 Å². The van der Waals surface area contributed by atoms with Gasteiger partial charge in [0.1, 0.15) is 6.04 Å². The highest BCUT2D eigenvalue weighted by Gasteiger charge is 2.12. The smallest absolute Gasteiger partial charge is 0.256 e. The second kappa shape index (κ2) is 4.68. The molecule has 0 aromatic heterocycles. The molecule has 5 heteroatoms. The van der Waals surface area contributed by atoms with E-state index in [4.69, 9.17) is 5.84 Å². The molecule has 2 amide bonds. The third kappa shape index (κ3) is 3.57. The van der Waals surface area contributed by atoms with E-state index in [2.05, 4.69) is 5.32 Å². The SMILES string of the molecule is CCC(=O)N[C@@H](C)C(=O)NN. The molecule has 0 aromatic rings. The van der Waals surface area contributed by atoms with Gasteiger partial charge in [0.2, 0.25) is 5.91 Å². The van der Waals surface area contributed by atoms with E-state index >= 15 is 0 Å². The number of carbonyl (C=O) groups excluding carboxylic acids is 2. The van der Waals surface area contributed by atoms with Crippen LogP contribution in [-0.4, -0.2) is 17.9 Å². The van der Waals surface area contributed by atoms with Crippen LogP contribution in [0.15, 0.2) is 0 Å². The molecule has 0 saturated carbocycles. The number of nitrogens with one attached hydrogen (secondary N) is 2. The number of rotatable bonds is 3. The van der Waals surface area contributed by atoms with Crippen molar-refractivity contribution in [3.8, 4) is 0 Å². The summed E-state index contributed by atoms with van der Waals surface area (Å²) in [5.41, 5.74) is 1.94. The lowest BCUT2D eigenvalue weighted by Gasteiger charge is -2.10. The Bertz CT molecular complexity index is 158. The van der Waals surface area contributed by atoms with Crippen molar-refractivity contribution >= 4 is 11.8 Å². The molecular weight excluding hydrogens is 146 g/mol. The minimum Gasteiger partial charge on any atom is -0.345 e. The van der Waals surface area contributed by atoms with Crippen LogP contribution in [0.5, 0.6) is 0 Å². The Morgan fingerprint density at radius 3 is 2.45 bits per heavy atom. The summed E-state index contributed by atoms with van der Waals surface area (Å²) >= 11 is 0. The molecule has 0 unspecified atom stereocenters. The maximum atomic E-state index is 10.7. The molecule has 0 aliphatic rings. The number of amides is 2. The Morgan fingerprint density at radius 2 is 2.09 bits per heavy atom. The molecule has 0 radical (unpaired) electrons. The first-order valence-electron chi connectivity index (χ1n) is 3.41. The zero-order chi connectivity index (χ0) is 8.85. The fourth-order valence-electron chi connectivity index (χ4n) is 0.534. The fourth-order valence-corrected chi connectivity index (χ4v) is 0.534. The van der Waals surface area contributed by atoms with Gasteiger partial charge in [0, 0.05) is 6.42 Å². The predicted molar refractivity (Wildman–Crippen MR) is 40.2 cm³/mol. The van der Waals surface area contributed by atoms with Crippen LogP contribution in [0.2, 0.25) is 0 Å². The summed E-state index contributed by atoms with van der Waals surface area (Å²) in [6.07, 6.45) is 0.363. The Balaban J connectivity index is 3.77. The minimum atomic E-state index is -0.563. The van der Waals surface area contributed by atoms with Gasteiger partial charge >= 0.3 is 0 Å². The Kier molecular flexibility index (Phi) is 4.21. The van der Waals surface area contributed by atoms with Crippen molar-refractivity contribution in [3.05, 3.63) is 0 Å². The van der Waals surface area contributed by atoms with Gasteiger partial charge in [-0.15, -0.1) is 0 Å². The average Bonchev–Trinajstić information content (AvgIpc) is 2.02. The van der Waals surface area contributed by atoms with Crippen molar-refractivity contribution in [1.29, 1.82) is 0 Å². The molecule has 0 bridgehead atoms. The lowest BCUT2D eigenvalue weighted by Crippen LogP contribution is -2.46. The van der Waals surface area contributed by atoms with E-state index in [0.717, 1.165) is 0 Å². The molecular formula is C6H13N3O2. The maximum absolute atomic E-state index is 10.7. The van der Waals surface area contributed by atoms with Crippen LogP contribution in [0.1, 0.15) is 20.3 Å². The number of hydrogen-bond donors (Lipinski definition) is 3. The lowest BCUT2D eigenvalue weighted by atomic mass is 10.3. The highest BCUT2D eigenvalue weighted by molar-refractivity contribution is 5.86. The van der Waals surface area contributed by atoms with Crippen LogP contribution >= 0.6 is 0 Å². The lowest BCUT2D eigenvalue weighted by molar-refractivity contribution is -0.128. The first-order chi connectivity index (χ1) is 5.11. The number of nitrogens with two attached hydrogens (primary N) is 1. The van der Waals surface area contributed by atoms with Crippen LogP contribution in [0.25, 0.3) is 0 Å². The zero-order valence-electron chi connectivity index (χ0n) is 6.68. The molecule has 4 N–H and O–H groups in total. The summed E-state index contributed by atoms with van der Waals surface area (Å²) in [5.74, 6) is 4.28. The Labute approximate surface area is 65.3 Å². The third-order valence-corrected chi connectivity index (χ3v) is 1.23. The summed E-state index contributed by atoms with van der Waals surface area (Å²) in [5, 5.41) is 2.45. The number of hydrogen-bond acceptors (Lipinski definition) is 3. The van der Waals surface area contributed by atoms with Crippen molar-refractivity contribution in [1.82, 2.24) is 10.7 Å². The second-order valence-electron chi connectivity index (χ2n) is 2.15. The molecule has 0 aromatic carbocycles. The largest absolute Gasteiger partial charge is 0.345 e. The van der Waals surface area contributed by atoms with E-state index < -0.39 is 11.9 Å². The highest BCUT2D eigenvalue weighted by atomic mass is 16.2. The summed E-state index contributed by atoms with van der Waals surface area (Å²) in [6.45, 7) is 3.28. The highest BCUT2D eigenvalue weighted by Crippen LogP contribution is 1.82. The van der Waals surface area contributed by atoms with Gasteiger partial charge in [0.05, 0.1) is 0 Å². The quantitative estimate of drug-likeness (QED) is 0.277. The van der Waals surface area contributed by atoms with Gasteiger partial charge in [0.15, 0.2) is 0 Å². The number of carbonyl (C=O) groups is 2. The topological polar surface area (TPSA) is 84.2 Å². The van der Waals surface area contributed by atoms with E-state index in [1.807, 2.05) is 5.43 Å². The van der Waals surface area contributed by atoms with Crippen molar-refractivity contribution in [2.45, 2.75) is 26.3 Å². The van der Waals surface area contributed by atoms with Crippen LogP contribution in [-0.2, 0) is 9.59 Å². The molecule has 0 heterocycles. The first-order valence-corrected chi connectivity index (χ1v) is 3.41. The predicted octanol–water partition coefficient (Wildman–Crippen LogP) is -1.11. The molecule has 1 atom stereocenters. The molecule has 0 aliphatic carbocycles. The fraction of sp³-hybridized carbons (Fsp3) is 0.667. The molecule has 0 fully saturated rings. The van der Waals surface area contributed by atoms with Crippen molar-refractivity contribution in [3.63, 3.8) is 0 Å². The monoisotopic (exact) mass is 159 g/mol. The van der Waals surface area contributed by atoms with E-state index in [0.29, 0.717) is 6.42 Å². The second-order valence-corrected chi connectivity index (χ2v) is 2.15. The van der Waals surface area contributed by atoms with Crippen LogP contribution in [0, 0.1) is 0 Å². The Hall–Kier alpha value is -1.10. The van der Waals surface area contributed by atoms with Gasteiger partial charge < -0.3 is 5.32 Å². The van der Waals surface area contributed by atoms with Crippen molar-refractivity contribution in [2.75, 3.05) is 0 Å². The van der Waals surface area contributed by atoms with Gasteiger partial charge in [0.25, 0.3) is 5.91 Å². The van der Waals surface area contributed by atoms with E-state index in [9.17, 15) is 9.59 Å². The molecule has 11 heavy (non-hydrogen) atoms.